The van der Waals surface area contributed by atoms with Gasteiger partial charge >= 0.3 is 0 Å². The van der Waals surface area contributed by atoms with E-state index in [0.717, 1.165) is 12.8 Å². The second-order valence-electron chi connectivity index (χ2n) is 20.3. The summed E-state index contributed by atoms with van der Waals surface area (Å²) in [4.78, 5) is 0. The summed E-state index contributed by atoms with van der Waals surface area (Å²) in [5.41, 5.74) is 20.1. The van der Waals surface area contributed by atoms with Crippen LogP contribution in [0.3, 0.4) is 0 Å². The number of allylic oxidation sites excluding steroid dienone is 1. The van der Waals surface area contributed by atoms with E-state index in [1.165, 1.54) is 110 Å². The fourth-order valence-corrected chi connectivity index (χ4v) is 13.0. The van der Waals surface area contributed by atoms with E-state index in [1.807, 2.05) is 0 Å². The SMILES string of the molecule is CC1c2cc3c4c(n(-c5ccccc5)c3cc2-c2cc3c(cc2C1C)c1cc(-c2cccc([Si](C)(C)C)c2)ccc1n3-c1ccccc1)CCC(c1cccc([Si](C)(C)C)c1)=C4. The van der Waals surface area contributed by atoms with E-state index in [4.69, 9.17) is 0 Å². The van der Waals surface area contributed by atoms with Crippen LogP contribution in [0.15, 0.2) is 152 Å². The van der Waals surface area contributed by atoms with Crippen molar-refractivity contribution in [1.82, 2.24) is 9.13 Å². The molecule has 62 heavy (non-hydrogen) atoms. The van der Waals surface area contributed by atoms with Crippen LogP contribution < -0.4 is 10.4 Å². The lowest BCUT2D eigenvalue weighted by molar-refractivity contribution is 0.617. The molecule has 0 fully saturated rings. The van der Waals surface area contributed by atoms with Gasteiger partial charge in [0.25, 0.3) is 0 Å². The van der Waals surface area contributed by atoms with E-state index in [9.17, 15) is 0 Å². The zero-order chi connectivity index (χ0) is 42.7. The van der Waals surface area contributed by atoms with E-state index in [-0.39, 0.29) is 0 Å². The molecule has 0 saturated carbocycles. The van der Waals surface area contributed by atoms with Gasteiger partial charge in [-0.15, -0.1) is 0 Å². The Kier molecular flexibility index (Phi) is 8.98. The minimum absolute atomic E-state index is 0.355. The van der Waals surface area contributed by atoms with Crippen LogP contribution in [0.25, 0.3) is 78.0 Å². The van der Waals surface area contributed by atoms with Crippen LogP contribution in [0, 0.1) is 0 Å². The summed E-state index contributed by atoms with van der Waals surface area (Å²) >= 11 is 0. The molecule has 7 aromatic carbocycles. The Labute approximate surface area is 369 Å². The predicted octanol–water partition coefficient (Wildman–Crippen LogP) is 14.9. The van der Waals surface area contributed by atoms with Crippen LogP contribution in [0.4, 0.5) is 0 Å². The van der Waals surface area contributed by atoms with Crippen LogP contribution in [0.1, 0.15) is 60.1 Å². The Balaban J connectivity index is 1.15. The first kappa shape index (κ1) is 38.9. The summed E-state index contributed by atoms with van der Waals surface area (Å²) < 4.78 is 5.08. The molecule has 2 nitrogen and oxygen atoms in total. The molecule has 4 heteroatoms. The first-order valence-corrected chi connectivity index (χ1v) is 29.7. The van der Waals surface area contributed by atoms with Crippen molar-refractivity contribution in [2.24, 2.45) is 0 Å². The van der Waals surface area contributed by atoms with Gasteiger partial charge in [-0.05, 0) is 136 Å². The minimum atomic E-state index is -1.47. The number of fused-ring (bicyclic) bond motifs is 9. The molecule has 2 aliphatic rings. The van der Waals surface area contributed by atoms with Crippen LogP contribution in [0.2, 0.25) is 39.3 Å². The Hall–Kier alpha value is -5.95. The molecule has 2 aromatic heterocycles. The maximum absolute atomic E-state index is 2.59. The van der Waals surface area contributed by atoms with Gasteiger partial charge in [-0.3, -0.25) is 0 Å². The largest absolute Gasteiger partial charge is 0.313 e. The van der Waals surface area contributed by atoms with Gasteiger partial charge in [-0.1, -0.05) is 154 Å². The topological polar surface area (TPSA) is 9.86 Å². The normalized spacial score (nSPS) is 16.4. The van der Waals surface area contributed by atoms with Gasteiger partial charge in [-0.2, -0.15) is 0 Å². The highest BCUT2D eigenvalue weighted by Gasteiger charge is 2.33. The van der Waals surface area contributed by atoms with E-state index in [1.54, 1.807) is 0 Å². The summed E-state index contributed by atoms with van der Waals surface area (Å²) in [7, 11) is -2.92. The van der Waals surface area contributed by atoms with Gasteiger partial charge in [-0.25, -0.2) is 0 Å². The monoisotopic (exact) mass is 836 g/mol. The molecular weight excluding hydrogens is 781 g/mol. The van der Waals surface area contributed by atoms with Crippen molar-refractivity contribution in [3.05, 3.63) is 180 Å². The van der Waals surface area contributed by atoms with Crippen LogP contribution in [-0.2, 0) is 6.42 Å². The number of hydrogen-bond acceptors (Lipinski definition) is 0. The zero-order valence-corrected chi connectivity index (χ0v) is 39.5. The van der Waals surface area contributed by atoms with Crippen molar-refractivity contribution in [3.63, 3.8) is 0 Å². The summed E-state index contributed by atoms with van der Waals surface area (Å²) in [5, 5.41) is 7.03. The first-order chi connectivity index (χ1) is 29.8. The molecule has 11 rings (SSSR count). The van der Waals surface area contributed by atoms with Gasteiger partial charge in [0, 0.05) is 38.8 Å². The van der Waals surface area contributed by atoms with Gasteiger partial charge in [0.05, 0.1) is 32.7 Å². The molecule has 9 aromatic rings. The molecule has 2 atom stereocenters. The fraction of sp³-hybridized carbons (Fsp3) is 0.207. The van der Waals surface area contributed by atoms with Crippen LogP contribution >= 0.6 is 0 Å². The second-order valence-corrected chi connectivity index (χ2v) is 30.4. The lowest BCUT2D eigenvalue weighted by Gasteiger charge is -2.32. The maximum Gasteiger partial charge on any atom is 0.0776 e. The standard InChI is InChI=1S/C58H56N2Si2/c1-37-38(2)48-34-54-52-32-42(40-18-16-24-46(30-40)62(6,7)8)26-28-56(52)60(44-21-13-10-14-22-44)58(54)36-50(48)49-35-57-53(33-47(37)49)51-31-41(39-17-15-23-45(29-39)61(3,4)5)25-27-55(51)59(57)43-19-11-9-12-20-43/h9-25,27,29-38H,26,28H2,1-8H3. The summed E-state index contributed by atoms with van der Waals surface area (Å²) in [6, 6.07) is 58.2. The number of benzene rings is 7. The van der Waals surface area contributed by atoms with Gasteiger partial charge in [0.1, 0.15) is 0 Å². The molecule has 306 valence electrons. The highest BCUT2D eigenvalue weighted by molar-refractivity contribution is 6.89. The Morgan fingerprint density at radius 3 is 1.56 bits per heavy atom. The second kappa shape index (κ2) is 14.3. The summed E-state index contributed by atoms with van der Waals surface area (Å²) in [5.74, 6) is 0.714. The maximum atomic E-state index is 2.59. The molecule has 2 aliphatic carbocycles. The fourth-order valence-electron chi connectivity index (χ4n) is 10.7. The van der Waals surface area contributed by atoms with Gasteiger partial charge in [0.2, 0.25) is 0 Å². The van der Waals surface area contributed by atoms with Crippen molar-refractivity contribution in [2.45, 2.75) is 77.8 Å². The average Bonchev–Trinajstić information content (AvgIpc) is 3.78. The van der Waals surface area contributed by atoms with Crippen molar-refractivity contribution < 1.29 is 0 Å². The number of nitrogens with zero attached hydrogens (tertiary/aromatic N) is 2. The Morgan fingerprint density at radius 2 is 0.952 bits per heavy atom. The molecular formula is C58H56N2Si2. The minimum Gasteiger partial charge on any atom is -0.313 e. The molecule has 0 amide bonds. The van der Waals surface area contributed by atoms with E-state index >= 15 is 0 Å². The van der Waals surface area contributed by atoms with Gasteiger partial charge < -0.3 is 9.13 Å². The molecule has 0 radical (unpaired) electrons. The molecule has 2 unspecified atom stereocenters. The highest BCUT2D eigenvalue weighted by Crippen LogP contribution is 2.52. The van der Waals surface area contributed by atoms with Crippen molar-refractivity contribution in [2.75, 3.05) is 0 Å². The average molecular weight is 837 g/mol. The molecule has 2 heterocycles. The lowest BCUT2D eigenvalue weighted by Crippen LogP contribution is -2.37. The van der Waals surface area contributed by atoms with Crippen molar-refractivity contribution in [1.29, 1.82) is 0 Å². The van der Waals surface area contributed by atoms with Crippen molar-refractivity contribution in [3.8, 4) is 33.6 Å². The third-order valence-electron chi connectivity index (χ3n) is 14.4. The molecule has 0 saturated heterocycles. The predicted molar refractivity (Wildman–Crippen MR) is 274 cm³/mol. The van der Waals surface area contributed by atoms with E-state index < -0.39 is 16.1 Å². The molecule has 0 spiro atoms. The molecule has 0 bridgehead atoms. The molecule has 0 aliphatic heterocycles. The summed E-state index contributed by atoms with van der Waals surface area (Å²) in [6.07, 6.45) is 4.59. The van der Waals surface area contributed by atoms with E-state index in [0.29, 0.717) is 11.8 Å². The lowest BCUT2D eigenvalue weighted by atomic mass is 9.72. The highest BCUT2D eigenvalue weighted by atomic mass is 28.3. The molecule has 0 N–H and O–H groups in total. The number of rotatable bonds is 6. The van der Waals surface area contributed by atoms with Crippen molar-refractivity contribution >= 4 is 70.9 Å². The Morgan fingerprint density at radius 1 is 0.435 bits per heavy atom. The third-order valence-corrected chi connectivity index (χ3v) is 18.5. The van der Waals surface area contributed by atoms with Crippen LogP contribution in [-0.4, -0.2) is 25.3 Å². The number of para-hydroxylation sites is 2. The summed E-state index contributed by atoms with van der Waals surface area (Å²) in [6.45, 7) is 19.6. The third kappa shape index (κ3) is 6.25. The number of hydrogen-bond donors (Lipinski definition) is 0. The quantitative estimate of drug-likeness (QED) is 0.148. The Bertz CT molecular complexity index is 3280. The smallest absolute Gasteiger partial charge is 0.0776 e. The van der Waals surface area contributed by atoms with Gasteiger partial charge in [0.15, 0.2) is 0 Å². The van der Waals surface area contributed by atoms with Crippen LogP contribution in [0.5, 0.6) is 0 Å². The van der Waals surface area contributed by atoms with E-state index in [2.05, 4.69) is 220 Å². The number of aromatic nitrogens is 2. The first-order valence-electron chi connectivity index (χ1n) is 22.7. The zero-order valence-electron chi connectivity index (χ0n) is 37.5.